The van der Waals surface area contributed by atoms with Crippen molar-refractivity contribution in [1.82, 2.24) is 0 Å². The van der Waals surface area contributed by atoms with E-state index in [0.717, 1.165) is 23.8 Å². The van der Waals surface area contributed by atoms with Gasteiger partial charge in [0.25, 0.3) is 0 Å². The molecule has 4 heteroatoms. The highest BCUT2D eigenvalue weighted by Crippen LogP contribution is 2.34. The lowest BCUT2D eigenvalue weighted by molar-refractivity contribution is 0.415. The molecule has 0 radical (unpaired) electrons. The summed E-state index contributed by atoms with van der Waals surface area (Å²) in [6.07, 6.45) is 5.65. The zero-order valence-corrected chi connectivity index (χ0v) is 10.6. The third-order valence-corrected chi connectivity index (χ3v) is 3.56. The molecule has 18 heavy (non-hydrogen) atoms. The normalized spacial score (nSPS) is 13.7. The second-order valence-corrected chi connectivity index (χ2v) is 4.56. The molecule has 0 bridgehead atoms. The van der Waals surface area contributed by atoms with Crippen LogP contribution in [0.1, 0.15) is 17.7 Å². The van der Waals surface area contributed by atoms with Crippen LogP contribution in [0.4, 0.5) is 0 Å². The Morgan fingerprint density at radius 1 is 1.39 bits per heavy atom. The van der Waals surface area contributed by atoms with Gasteiger partial charge in [0.15, 0.2) is 0 Å². The van der Waals surface area contributed by atoms with E-state index in [2.05, 4.69) is 0 Å². The van der Waals surface area contributed by atoms with Crippen molar-refractivity contribution in [3.05, 3.63) is 45.0 Å². The zero-order chi connectivity index (χ0) is 12.7. The third kappa shape index (κ3) is 1.55. The van der Waals surface area contributed by atoms with Crippen LogP contribution in [0.25, 0.3) is 16.8 Å². The summed E-state index contributed by atoms with van der Waals surface area (Å²) in [5.41, 5.74) is 0.621. The molecule has 3 nitrogen and oxygen atoms in total. The van der Waals surface area contributed by atoms with E-state index in [4.69, 9.17) is 20.8 Å². The van der Waals surface area contributed by atoms with Gasteiger partial charge in [0.2, 0.25) is 0 Å². The van der Waals surface area contributed by atoms with Gasteiger partial charge in [-0.2, -0.15) is 0 Å². The Bertz CT molecular complexity index is 713. The number of aryl methyl sites for hydroxylation is 1. The maximum atomic E-state index is 12.0. The maximum Gasteiger partial charge on any atom is 0.345 e. The molecule has 1 heterocycles. The van der Waals surface area contributed by atoms with Crippen molar-refractivity contribution in [1.29, 1.82) is 0 Å². The van der Waals surface area contributed by atoms with Crippen LogP contribution >= 0.6 is 11.6 Å². The Morgan fingerprint density at radius 3 is 3.00 bits per heavy atom. The number of fused-ring (bicyclic) bond motifs is 3. The topological polar surface area (TPSA) is 39.4 Å². The molecule has 1 aromatic heterocycles. The van der Waals surface area contributed by atoms with Gasteiger partial charge in [0.05, 0.1) is 17.5 Å². The highest BCUT2D eigenvalue weighted by Gasteiger charge is 2.18. The number of hydrogen-bond donors (Lipinski definition) is 0. The van der Waals surface area contributed by atoms with Gasteiger partial charge in [0.1, 0.15) is 11.5 Å². The first-order valence-corrected chi connectivity index (χ1v) is 6.09. The van der Waals surface area contributed by atoms with Crippen LogP contribution in [-0.2, 0) is 6.42 Å². The average molecular weight is 263 g/mol. The van der Waals surface area contributed by atoms with Gasteiger partial charge in [-0.15, -0.1) is 0 Å². The first kappa shape index (κ1) is 11.4. The fourth-order valence-electron chi connectivity index (χ4n) is 2.32. The molecule has 92 valence electrons. The van der Waals surface area contributed by atoms with E-state index in [1.807, 2.05) is 18.2 Å². The lowest BCUT2D eigenvalue weighted by atomic mass is 9.97. The molecule has 1 aliphatic rings. The van der Waals surface area contributed by atoms with Gasteiger partial charge in [-0.05, 0) is 36.4 Å². The van der Waals surface area contributed by atoms with E-state index in [1.54, 1.807) is 6.07 Å². The Labute approximate surface area is 109 Å². The molecular weight excluding hydrogens is 252 g/mol. The predicted octanol–water partition coefficient (Wildman–Crippen LogP) is 3.41. The number of hydrogen-bond acceptors (Lipinski definition) is 3. The average Bonchev–Trinajstić information content (AvgIpc) is 2.39. The lowest BCUT2D eigenvalue weighted by Crippen LogP contribution is -2.07. The smallest absolute Gasteiger partial charge is 0.345 e. The van der Waals surface area contributed by atoms with E-state index in [0.29, 0.717) is 21.9 Å². The molecule has 0 saturated heterocycles. The zero-order valence-electron chi connectivity index (χ0n) is 9.83. The summed E-state index contributed by atoms with van der Waals surface area (Å²) in [4.78, 5) is 12.0. The van der Waals surface area contributed by atoms with Gasteiger partial charge in [-0.3, -0.25) is 0 Å². The molecule has 2 aromatic rings. The van der Waals surface area contributed by atoms with Crippen molar-refractivity contribution in [2.45, 2.75) is 12.8 Å². The van der Waals surface area contributed by atoms with Crippen LogP contribution < -0.4 is 10.4 Å². The summed E-state index contributed by atoms with van der Waals surface area (Å²) in [5.74, 6) is 1.13. The van der Waals surface area contributed by atoms with Gasteiger partial charge in [0, 0.05) is 5.56 Å². The first-order chi connectivity index (χ1) is 8.72. The Hall–Kier alpha value is -1.74. The van der Waals surface area contributed by atoms with E-state index in [-0.39, 0.29) is 0 Å². The van der Waals surface area contributed by atoms with Crippen molar-refractivity contribution in [2.75, 3.05) is 7.11 Å². The fourth-order valence-corrected chi connectivity index (χ4v) is 2.64. The molecule has 0 aliphatic heterocycles. The summed E-state index contributed by atoms with van der Waals surface area (Å²) < 4.78 is 10.4. The minimum atomic E-state index is -0.417. The van der Waals surface area contributed by atoms with Crippen LogP contribution in [0.3, 0.4) is 0 Å². The summed E-state index contributed by atoms with van der Waals surface area (Å²) in [7, 11) is 1.52. The van der Waals surface area contributed by atoms with Gasteiger partial charge in [-0.1, -0.05) is 17.7 Å². The Balaban J connectivity index is 2.46. The van der Waals surface area contributed by atoms with E-state index < -0.39 is 5.63 Å². The lowest BCUT2D eigenvalue weighted by Gasteiger charge is -2.13. The van der Waals surface area contributed by atoms with Crippen LogP contribution in [0.2, 0.25) is 5.02 Å². The number of halogens is 1. The number of benzene rings is 1. The summed E-state index contributed by atoms with van der Waals surface area (Å²) in [6, 6.07) is 3.65. The van der Waals surface area contributed by atoms with Crippen molar-refractivity contribution in [3.63, 3.8) is 0 Å². The summed E-state index contributed by atoms with van der Waals surface area (Å²) in [6.45, 7) is 0. The second kappa shape index (κ2) is 4.18. The fraction of sp³-hybridized carbons (Fsp3) is 0.214. The molecule has 0 saturated carbocycles. The summed E-state index contributed by atoms with van der Waals surface area (Å²) >= 11 is 6.19. The van der Waals surface area contributed by atoms with Crippen molar-refractivity contribution >= 4 is 28.4 Å². The predicted molar refractivity (Wildman–Crippen MR) is 71.4 cm³/mol. The minimum absolute atomic E-state index is 0.320. The van der Waals surface area contributed by atoms with Gasteiger partial charge >= 0.3 is 5.63 Å². The Morgan fingerprint density at radius 2 is 2.22 bits per heavy atom. The molecular formula is C14H11ClO3. The summed E-state index contributed by atoms with van der Waals surface area (Å²) in [5, 5.41) is 1.59. The molecule has 0 unspecified atom stereocenters. The monoisotopic (exact) mass is 262 g/mol. The molecule has 0 amide bonds. The van der Waals surface area contributed by atoms with E-state index in [9.17, 15) is 4.79 Å². The molecule has 0 fully saturated rings. The highest BCUT2D eigenvalue weighted by molar-refractivity contribution is 6.37. The second-order valence-electron chi connectivity index (χ2n) is 4.18. The van der Waals surface area contributed by atoms with Crippen LogP contribution in [-0.4, -0.2) is 7.11 Å². The number of rotatable bonds is 1. The molecule has 1 aromatic carbocycles. The van der Waals surface area contributed by atoms with Gasteiger partial charge in [-0.25, -0.2) is 4.79 Å². The number of methoxy groups -OCH3 is 1. The number of allylic oxidation sites excluding steroid dienone is 1. The number of ether oxygens (including phenoxy) is 1. The maximum absolute atomic E-state index is 12.0. The van der Waals surface area contributed by atoms with Gasteiger partial charge < -0.3 is 9.15 Å². The standard InChI is InChI=1S/C14H11ClO3/c1-17-11-7-6-9-8-4-2-3-5-10(8)18-14(16)12(9)13(11)15/h3,5-7H,2,4H2,1H3. The first-order valence-electron chi connectivity index (χ1n) is 5.71. The molecule has 0 N–H and O–H groups in total. The Kier molecular flexibility index (Phi) is 2.63. The largest absolute Gasteiger partial charge is 0.495 e. The quantitative estimate of drug-likeness (QED) is 0.791. The molecule has 1 aliphatic carbocycles. The van der Waals surface area contributed by atoms with Crippen LogP contribution in [0.5, 0.6) is 5.75 Å². The van der Waals surface area contributed by atoms with Crippen LogP contribution in [0, 0.1) is 0 Å². The highest BCUT2D eigenvalue weighted by atomic mass is 35.5. The van der Waals surface area contributed by atoms with Crippen molar-refractivity contribution < 1.29 is 9.15 Å². The van der Waals surface area contributed by atoms with E-state index >= 15 is 0 Å². The molecule has 3 rings (SSSR count). The van der Waals surface area contributed by atoms with Crippen LogP contribution in [0.15, 0.2) is 27.4 Å². The minimum Gasteiger partial charge on any atom is -0.495 e. The SMILES string of the molecule is COc1ccc2c3c(oc(=O)c2c1Cl)C=CCC3. The molecule has 0 spiro atoms. The third-order valence-electron chi connectivity index (χ3n) is 3.19. The molecule has 0 atom stereocenters. The van der Waals surface area contributed by atoms with Crippen molar-refractivity contribution in [3.8, 4) is 5.75 Å². The van der Waals surface area contributed by atoms with Crippen molar-refractivity contribution in [2.24, 2.45) is 0 Å². The van der Waals surface area contributed by atoms with E-state index in [1.165, 1.54) is 7.11 Å².